The maximum absolute atomic E-state index is 11.6. The largest absolute Gasteiger partial charge is 0.479 e. The van der Waals surface area contributed by atoms with Crippen LogP contribution >= 0.6 is 11.8 Å². The summed E-state index contributed by atoms with van der Waals surface area (Å²) in [4.78, 5) is 22.7. The molecule has 5 nitrogen and oxygen atoms in total. The maximum atomic E-state index is 11.6. The lowest BCUT2D eigenvalue weighted by Gasteiger charge is -2.26. The fourth-order valence-corrected chi connectivity index (χ4v) is 1.70. The SMILES string of the molecule is COCC(C)(NC(=O)CSC(C)(C)C)C(=O)O. The van der Waals surface area contributed by atoms with Crippen LogP contribution in [-0.2, 0) is 14.3 Å². The number of hydrogen-bond acceptors (Lipinski definition) is 4. The molecule has 0 aliphatic carbocycles. The molecule has 0 heterocycles. The van der Waals surface area contributed by atoms with E-state index in [1.54, 1.807) is 0 Å². The van der Waals surface area contributed by atoms with E-state index in [-0.39, 0.29) is 23.0 Å². The predicted octanol–water partition coefficient (Wildman–Crippen LogP) is 1.12. The monoisotopic (exact) mass is 263 g/mol. The van der Waals surface area contributed by atoms with Crippen molar-refractivity contribution in [3.05, 3.63) is 0 Å². The van der Waals surface area contributed by atoms with Gasteiger partial charge in [-0.2, -0.15) is 0 Å². The number of carbonyl (C=O) groups excluding carboxylic acids is 1. The van der Waals surface area contributed by atoms with Crippen molar-refractivity contribution in [3.8, 4) is 0 Å². The van der Waals surface area contributed by atoms with Gasteiger partial charge in [0.25, 0.3) is 0 Å². The Morgan fingerprint density at radius 2 is 1.82 bits per heavy atom. The van der Waals surface area contributed by atoms with E-state index in [1.807, 2.05) is 20.8 Å². The lowest BCUT2D eigenvalue weighted by Crippen LogP contribution is -2.55. The second kappa shape index (κ2) is 6.26. The minimum absolute atomic E-state index is 0.0295. The zero-order chi connectivity index (χ0) is 13.7. The summed E-state index contributed by atoms with van der Waals surface area (Å²) in [5, 5.41) is 11.5. The minimum atomic E-state index is -1.37. The summed E-state index contributed by atoms with van der Waals surface area (Å²) in [6.45, 7) is 7.36. The van der Waals surface area contributed by atoms with Crippen molar-refractivity contribution in [1.82, 2.24) is 5.32 Å². The average Bonchev–Trinajstić information content (AvgIpc) is 2.13. The summed E-state index contributed by atoms with van der Waals surface area (Å²) in [5.41, 5.74) is -1.37. The Bertz CT molecular complexity index is 288. The molecular weight excluding hydrogens is 242 g/mol. The van der Waals surface area contributed by atoms with E-state index < -0.39 is 11.5 Å². The fourth-order valence-electron chi connectivity index (χ4n) is 1.07. The van der Waals surface area contributed by atoms with E-state index in [9.17, 15) is 9.59 Å². The van der Waals surface area contributed by atoms with Crippen molar-refractivity contribution < 1.29 is 19.4 Å². The van der Waals surface area contributed by atoms with Crippen molar-refractivity contribution in [2.45, 2.75) is 38.0 Å². The molecule has 0 aromatic carbocycles. The van der Waals surface area contributed by atoms with E-state index in [1.165, 1.54) is 25.8 Å². The number of carboxylic acids is 1. The van der Waals surface area contributed by atoms with E-state index in [0.29, 0.717) is 0 Å². The molecule has 0 spiro atoms. The molecule has 0 bridgehead atoms. The number of ether oxygens (including phenoxy) is 1. The molecule has 0 saturated carbocycles. The number of rotatable bonds is 6. The Morgan fingerprint density at radius 1 is 1.29 bits per heavy atom. The molecule has 2 N–H and O–H groups in total. The molecule has 1 atom stereocenters. The topological polar surface area (TPSA) is 75.6 Å². The molecule has 0 aliphatic heterocycles. The summed E-state index contributed by atoms with van der Waals surface area (Å²) in [7, 11) is 1.40. The number of methoxy groups -OCH3 is 1. The summed E-state index contributed by atoms with van der Waals surface area (Å²) in [5.74, 6) is -1.17. The predicted molar refractivity (Wildman–Crippen MR) is 68.3 cm³/mol. The normalized spacial score (nSPS) is 15.1. The molecule has 0 saturated heterocycles. The number of amides is 1. The van der Waals surface area contributed by atoms with Gasteiger partial charge in [0.05, 0.1) is 12.4 Å². The van der Waals surface area contributed by atoms with Crippen LogP contribution in [-0.4, -0.2) is 46.7 Å². The number of carboxylic acid groups (broad SMARTS) is 1. The first-order valence-corrected chi connectivity index (χ1v) is 6.26. The van der Waals surface area contributed by atoms with Crippen LogP contribution in [0.1, 0.15) is 27.7 Å². The highest BCUT2D eigenvalue weighted by Crippen LogP contribution is 2.22. The van der Waals surface area contributed by atoms with Crippen molar-refractivity contribution in [2.75, 3.05) is 19.5 Å². The van der Waals surface area contributed by atoms with Crippen LogP contribution in [0.25, 0.3) is 0 Å². The van der Waals surface area contributed by atoms with Gasteiger partial charge in [-0.15, -0.1) is 11.8 Å². The zero-order valence-corrected chi connectivity index (χ0v) is 11.8. The van der Waals surface area contributed by atoms with E-state index in [4.69, 9.17) is 9.84 Å². The van der Waals surface area contributed by atoms with Gasteiger partial charge >= 0.3 is 5.97 Å². The smallest absolute Gasteiger partial charge is 0.331 e. The number of thioether (sulfide) groups is 1. The molecule has 0 aromatic rings. The van der Waals surface area contributed by atoms with Crippen molar-refractivity contribution >= 4 is 23.6 Å². The highest BCUT2D eigenvalue weighted by Gasteiger charge is 2.35. The van der Waals surface area contributed by atoms with Gasteiger partial charge in [-0.25, -0.2) is 4.79 Å². The molecular formula is C11H21NO4S. The summed E-state index contributed by atoms with van der Waals surface area (Å²) >= 11 is 1.47. The molecule has 0 aliphatic rings. The molecule has 6 heteroatoms. The van der Waals surface area contributed by atoms with Crippen LogP contribution in [0.5, 0.6) is 0 Å². The van der Waals surface area contributed by atoms with Gasteiger partial charge in [0.2, 0.25) is 5.91 Å². The third-order valence-corrected chi connectivity index (χ3v) is 3.23. The van der Waals surface area contributed by atoms with Crippen molar-refractivity contribution in [3.63, 3.8) is 0 Å². The Hall–Kier alpha value is -0.750. The highest BCUT2D eigenvalue weighted by molar-refractivity contribution is 8.01. The number of carbonyl (C=O) groups is 2. The number of aliphatic carboxylic acids is 1. The van der Waals surface area contributed by atoms with Gasteiger partial charge in [0.1, 0.15) is 0 Å². The van der Waals surface area contributed by atoms with Gasteiger partial charge in [-0.3, -0.25) is 4.79 Å². The summed E-state index contributed by atoms with van der Waals surface area (Å²) in [6.07, 6.45) is 0. The quantitative estimate of drug-likeness (QED) is 0.751. The molecule has 0 fully saturated rings. The number of hydrogen-bond donors (Lipinski definition) is 2. The standard InChI is InChI=1S/C11H21NO4S/c1-10(2,3)17-6-8(13)12-11(4,7-16-5)9(14)15/h6-7H2,1-5H3,(H,12,13)(H,14,15). The lowest BCUT2D eigenvalue weighted by molar-refractivity contribution is -0.148. The van der Waals surface area contributed by atoms with Gasteiger partial charge in [-0.05, 0) is 6.92 Å². The van der Waals surface area contributed by atoms with Crippen molar-refractivity contribution in [1.29, 1.82) is 0 Å². The van der Waals surface area contributed by atoms with Gasteiger partial charge in [-0.1, -0.05) is 20.8 Å². The lowest BCUT2D eigenvalue weighted by atomic mass is 10.0. The molecule has 1 unspecified atom stereocenters. The second-order valence-corrected chi connectivity index (χ2v) is 6.82. The second-order valence-electron chi connectivity index (χ2n) is 5.02. The third-order valence-electron chi connectivity index (χ3n) is 1.96. The first-order chi connectivity index (χ1) is 7.60. The Kier molecular flexibility index (Phi) is 5.98. The van der Waals surface area contributed by atoms with E-state index in [2.05, 4.69) is 5.32 Å². The molecule has 0 aromatic heterocycles. The van der Waals surface area contributed by atoms with Gasteiger partial charge in [0, 0.05) is 11.9 Å². The van der Waals surface area contributed by atoms with Crippen LogP contribution in [0.15, 0.2) is 0 Å². The number of nitrogens with one attached hydrogen (secondary N) is 1. The Balaban J connectivity index is 4.38. The fraction of sp³-hybridized carbons (Fsp3) is 0.818. The zero-order valence-electron chi connectivity index (χ0n) is 11.0. The van der Waals surface area contributed by atoms with Crippen LogP contribution in [0.2, 0.25) is 0 Å². The molecule has 0 rings (SSSR count). The minimum Gasteiger partial charge on any atom is -0.479 e. The van der Waals surface area contributed by atoms with Crippen molar-refractivity contribution in [2.24, 2.45) is 0 Å². The molecule has 1 amide bonds. The van der Waals surface area contributed by atoms with Crippen LogP contribution in [0.3, 0.4) is 0 Å². The summed E-state index contributed by atoms with van der Waals surface area (Å²) in [6, 6.07) is 0. The summed E-state index contributed by atoms with van der Waals surface area (Å²) < 4.78 is 4.78. The average molecular weight is 263 g/mol. The third kappa shape index (κ3) is 6.53. The van der Waals surface area contributed by atoms with Gasteiger partial charge in [0.15, 0.2) is 5.54 Å². The maximum Gasteiger partial charge on any atom is 0.331 e. The van der Waals surface area contributed by atoms with Crippen LogP contribution in [0.4, 0.5) is 0 Å². The van der Waals surface area contributed by atoms with E-state index >= 15 is 0 Å². The molecule has 100 valence electrons. The molecule has 0 radical (unpaired) electrons. The van der Waals surface area contributed by atoms with Gasteiger partial charge < -0.3 is 15.2 Å². The highest BCUT2D eigenvalue weighted by atomic mass is 32.2. The Labute approximate surface area is 106 Å². The van der Waals surface area contributed by atoms with E-state index in [0.717, 1.165) is 0 Å². The Morgan fingerprint density at radius 3 is 2.18 bits per heavy atom. The molecule has 17 heavy (non-hydrogen) atoms. The first-order valence-electron chi connectivity index (χ1n) is 5.28. The van der Waals surface area contributed by atoms with Crippen LogP contribution < -0.4 is 5.32 Å². The van der Waals surface area contributed by atoms with Crippen LogP contribution in [0, 0.1) is 0 Å². The first kappa shape index (κ1) is 16.2.